The first-order valence-corrected chi connectivity index (χ1v) is 6.05. The number of aliphatic hydroxyl groups is 1. The van der Waals surface area contributed by atoms with E-state index in [1.165, 1.54) is 0 Å². The number of nitrogens with one attached hydrogen (secondary N) is 1. The van der Waals surface area contributed by atoms with Gasteiger partial charge in [-0.1, -0.05) is 17.7 Å². The second-order valence-corrected chi connectivity index (χ2v) is 5.58. The minimum atomic E-state index is -4.54. The monoisotopic (exact) mass is 296 g/mol. The van der Waals surface area contributed by atoms with Gasteiger partial charge in [0.1, 0.15) is 10.8 Å². The lowest BCUT2D eigenvalue weighted by Crippen LogP contribution is -2.38. The molecule has 0 radical (unpaired) electrons. The Morgan fingerprint density at radius 3 is 2.32 bits per heavy atom. The molecule has 1 rings (SSSR count). The second-order valence-electron chi connectivity index (χ2n) is 5.22. The molecule has 1 heterocycles. The number of aromatic nitrogens is 1. The molecule has 0 aliphatic carbocycles. The number of halogens is 4. The number of pyridine rings is 1. The molecule has 3 nitrogen and oxygen atoms in total. The molecule has 19 heavy (non-hydrogen) atoms. The van der Waals surface area contributed by atoms with E-state index in [1.807, 2.05) is 20.8 Å². The smallest absolute Gasteiger partial charge is 0.387 e. The summed E-state index contributed by atoms with van der Waals surface area (Å²) in [5, 5.41) is 12.6. The fraction of sp³-hybridized carbons (Fsp3) is 0.583. The van der Waals surface area contributed by atoms with E-state index in [4.69, 9.17) is 11.6 Å². The first kappa shape index (κ1) is 16.2. The maximum Gasteiger partial charge on any atom is 0.433 e. The molecule has 1 aromatic rings. The van der Waals surface area contributed by atoms with Crippen LogP contribution in [0.25, 0.3) is 0 Å². The van der Waals surface area contributed by atoms with Crippen molar-refractivity contribution >= 4 is 11.6 Å². The molecule has 0 fully saturated rings. The lowest BCUT2D eigenvalue weighted by Gasteiger charge is -2.23. The van der Waals surface area contributed by atoms with Crippen LogP contribution in [0.1, 0.15) is 38.1 Å². The van der Waals surface area contributed by atoms with Crippen LogP contribution in [0.4, 0.5) is 13.2 Å². The Labute approximate surface area is 114 Å². The molecule has 0 saturated carbocycles. The lowest BCUT2D eigenvalue weighted by atomic mass is 10.1. The zero-order valence-corrected chi connectivity index (χ0v) is 11.6. The summed E-state index contributed by atoms with van der Waals surface area (Å²) < 4.78 is 37.2. The van der Waals surface area contributed by atoms with Crippen molar-refractivity contribution in [3.8, 4) is 0 Å². The topological polar surface area (TPSA) is 45.1 Å². The molecule has 1 aromatic heterocycles. The molecule has 0 aromatic carbocycles. The molecule has 0 aliphatic heterocycles. The normalized spacial score (nSPS) is 14.5. The maximum absolute atomic E-state index is 12.4. The van der Waals surface area contributed by atoms with Crippen molar-refractivity contribution in [2.75, 3.05) is 6.54 Å². The van der Waals surface area contributed by atoms with E-state index >= 15 is 0 Å². The van der Waals surface area contributed by atoms with Gasteiger partial charge in [0.05, 0.1) is 6.10 Å². The molecule has 1 atom stereocenters. The SMILES string of the molecule is CC(C)(C)NCC(O)c1ccc(C(F)(F)F)nc1Cl. The van der Waals surface area contributed by atoms with Gasteiger partial charge < -0.3 is 10.4 Å². The summed E-state index contributed by atoms with van der Waals surface area (Å²) in [7, 11) is 0. The van der Waals surface area contributed by atoms with E-state index in [2.05, 4.69) is 10.3 Å². The summed E-state index contributed by atoms with van der Waals surface area (Å²) in [6.45, 7) is 5.90. The summed E-state index contributed by atoms with van der Waals surface area (Å²) in [4.78, 5) is 3.26. The predicted octanol–water partition coefficient (Wildman–Crippen LogP) is 3.18. The molecule has 2 N–H and O–H groups in total. The third-order valence-electron chi connectivity index (χ3n) is 2.35. The van der Waals surface area contributed by atoms with Crippen molar-refractivity contribution in [1.82, 2.24) is 10.3 Å². The van der Waals surface area contributed by atoms with Crippen LogP contribution in [0.5, 0.6) is 0 Å². The minimum Gasteiger partial charge on any atom is -0.387 e. The van der Waals surface area contributed by atoms with Crippen LogP contribution >= 0.6 is 11.6 Å². The standard InChI is InChI=1S/C12H16ClF3N2O/c1-11(2,3)17-6-8(19)7-4-5-9(12(14,15)16)18-10(7)13/h4-5,8,17,19H,6H2,1-3H3. The number of alkyl halides is 3. The highest BCUT2D eigenvalue weighted by Gasteiger charge is 2.33. The molecule has 7 heteroatoms. The molecule has 0 spiro atoms. The largest absolute Gasteiger partial charge is 0.433 e. The quantitative estimate of drug-likeness (QED) is 0.842. The van der Waals surface area contributed by atoms with E-state index in [-0.39, 0.29) is 22.8 Å². The number of hydrogen-bond donors (Lipinski definition) is 2. The van der Waals surface area contributed by atoms with Gasteiger partial charge in [-0.15, -0.1) is 0 Å². The van der Waals surface area contributed by atoms with Crippen molar-refractivity contribution < 1.29 is 18.3 Å². The Morgan fingerprint density at radius 1 is 1.32 bits per heavy atom. The molecule has 0 aliphatic rings. The summed E-state index contributed by atoms with van der Waals surface area (Å²) in [6, 6.07) is 1.95. The van der Waals surface area contributed by atoms with E-state index in [9.17, 15) is 18.3 Å². The van der Waals surface area contributed by atoms with Crippen molar-refractivity contribution in [1.29, 1.82) is 0 Å². The fourth-order valence-electron chi connectivity index (χ4n) is 1.36. The van der Waals surface area contributed by atoms with Crippen LogP contribution in [0.2, 0.25) is 5.15 Å². The van der Waals surface area contributed by atoms with Gasteiger partial charge in [-0.05, 0) is 26.8 Å². The number of β-amino-alcohol motifs (C(OH)–C–C–N with tert-alkyl or cyclic N) is 1. The van der Waals surface area contributed by atoms with Crippen LogP contribution in [0.3, 0.4) is 0 Å². The first-order valence-electron chi connectivity index (χ1n) is 5.67. The molecule has 1 unspecified atom stereocenters. The highest BCUT2D eigenvalue weighted by molar-refractivity contribution is 6.30. The Bertz CT molecular complexity index is 444. The summed E-state index contributed by atoms with van der Waals surface area (Å²) in [6.07, 6.45) is -5.56. The Balaban J connectivity index is 2.85. The van der Waals surface area contributed by atoms with Crippen molar-refractivity contribution in [3.63, 3.8) is 0 Å². The molecule has 0 saturated heterocycles. The van der Waals surface area contributed by atoms with Crippen LogP contribution in [0.15, 0.2) is 12.1 Å². The molecular formula is C12H16ClF3N2O. The Morgan fingerprint density at radius 2 is 1.89 bits per heavy atom. The molecule has 0 amide bonds. The van der Waals surface area contributed by atoms with Crippen molar-refractivity contribution in [2.45, 2.75) is 38.6 Å². The summed E-state index contributed by atoms with van der Waals surface area (Å²) >= 11 is 5.68. The average molecular weight is 297 g/mol. The number of nitrogens with zero attached hydrogens (tertiary/aromatic N) is 1. The first-order chi connectivity index (χ1) is 8.50. The summed E-state index contributed by atoms with van der Waals surface area (Å²) in [5.41, 5.74) is -1.11. The fourth-order valence-corrected chi connectivity index (χ4v) is 1.64. The van der Waals surface area contributed by atoms with E-state index in [0.29, 0.717) is 0 Å². The Kier molecular flexibility index (Phi) is 4.81. The van der Waals surface area contributed by atoms with Gasteiger partial charge in [-0.25, -0.2) is 4.98 Å². The van der Waals surface area contributed by atoms with Crippen LogP contribution in [0, 0.1) is 0 Å². The van der Waals surface area contributed by atoms with E-state index in [0.717, 1.165) is 12.1 Å². The zero-order valence-electron chi connectivity index (χ0n) is 10.8. The predicted molar refractivity (Wildman–Crippen MR) is 67.0 cm³/mol. The number of hydrogen-bond acceptors (Lipinski definition) is 3. The second kappa shape index (κ2) is 5.64. The zero-order chi connectivity index (χ0) is 14.8. The average Bonchev–Trinajstić information content (AvgIpc) is 2.23. The van der Waals surface area contributed by atoms with Gasteiger partial charge in [0.15, 0.2) is 0 Å². The lowest BCUT2D eigenvalue weighted by molar-refractivity contribution is -0.141. The van der Waals surface area contributed by atoms with Crippen molar-refractivity contribution in [3.05, 3.63) is 28.5 Å². The van der Waals surface area contributed by atoms with Crippen LogP contribution in [-0.4, -0.2) is 22.2 Å². The third-order valence-corrected chi connectivity index (χ3v) is 2.66. The van der Waals surface area contributed by atoms with Gasteiger partial charge in [0.25, 0.3) is 0 Å². The minimum absolute atomic E-state index is 0.173. The van der Waals surface area contributed by atoms with Gasteiger partial charge >= 0.3 is 6.18 Å². The molecule has 0 bridgehead atoms. The Hall–Kier alpha value is -0.850. The van der Waals surface area contributed by atoms with Crippen LogP contribution < -0.4 is 5.32 Å². The highest BCUT2D eigenvalue weighted by Crippen LogP contribution is 2.31. The van der Waals surface area contributed by atoms with Gasteiger partial charge in [-0.3, -0.25) is 0 Å². The van der Waals surface area contributed by atoms with Crippen LogP contribution in [-0.2, 0) is 6.18 Å². The number of rotatable bonds is 3. The number of aliphatic hydroxyl groups excluding tert-OH is 1. The molecular weight excluding hydrogens is 281 g/mol. The van der Waals surface area contributed by atoms with Gasteiger partial charge in [0, 0.05) is 17.6 Å². The summed E-state index contributed by atoms with van der Waals surface area (Å²) in [5.74, 6) is 0. The highest BCUT2D eigenvalue weighted by atomic mass is 35.5. The van der Waals surface area contributed by atoms with E-state index < -0.39 is 18.0 Å². The van der Waals surface area contributed by atoms with Gasteiger partial charge in [0.2, 0.25) is 0 Å². The third kappa shape index (κ3) is 4.97. The van der Waals surface area contributed by atoms with E-state index in [1.54, 1.807) is 0 Å². The maximum atomic E-state index is 12.4. The molecule has 108 valence electrons. The van der Waals surface area contributed by atoms with Gasteiger partial charge in [-0.2, -0.15) is 13.2 Å². The van der Waals surface area contributed by atoms with Crippen molar-refractivity contribution in [2.24, 2.45) is 0 Å².